The van der Waals surface area contributed by atoms with Crippen LogP contribution >= 0.6 is 0 Å². The molecule has 1 aliphatic carbocycles. The summed E-state index contributed by atoms with van der Waals surface area (Å²) in [5.41, 5.74) is 2.02. The SMILES string of the molecule is C[N+](CCC#N)=C1C=CC(=Cn2oc(O)c(-c3ccccc3)c2=O)C=C1. The standard InChI is InChI=1S/C20H17N3O3/c1-22(13-5-12-21)17-10-8-15(9-11-17)14-23-19(24)18(20(25)26-23)16-6-3-2-4-7-16/h2-4,6-11,14H,5,13H2,1H3/p+1. The molecule has 26 heavy (non-hydrogen) atoms. The first-order chi connectivity index (χ1) is 12.6. The molecular weight excluding hydrogens is 330 g/mol. The van der Waals surface area contributed by atoms with Crippen molar-refractivity contribution in [3.05, 3.63) is 70.6 Å². The number of allylic oxidation sites excluding steroid dienone is 5. The predicted molar refractivity (Wildman–Crippen MR) is 98.9 cm³/mol. The lowest BCUT2D eigenvalue weighted by molar-refractivity contribution is -0.494. The van der Waals surface area contributed by atoms with Gasteiger partial charge in [0.1, 0.15) is 12.6 Å². The quantitative estimate of drug-likeness (QED) is 0.862. The van der Waals surface area contributed by atoms with Crippen LogP contribution in [0.1, 0.15) is 6.42 Å². The van der Waals surface area contributed by atoms with E-state index in [0.717, 1.165) is 16.0 Å². The monoisotopic (exact) mass is 348 g/mol. The van der Waals surface area contributed by atoms with Gasteiger partial charge in [0.2, 0.25) is 0 Å². The largest absolute Gasteiger partial charge is 0.479 e. The minimum Gasteiger partial charge on any atom is -0.479 e. The van der Waals surface area contributed by atoms with E-state index in [2.05, 4.69) is 6.07 Å². The molecule has 3 rings (SSSR count). The lowest BCUT2D eigenvalue weighted by Gasteiger charge is -2.03. The zero-order valence-corrected chi connectivity index (χ0v) is 14.3. The van der Waals surface area contributed by atoms with Gasteiger partial charge in [0.05, 0.1) is 18.7 Å². The Hall–Kier alpha value is -3.59. The number of benzene rings is 1. The topological polar surface area (TPSA) is 82.2 Å². The highest BCUT2D eigenvalue weighted by molar-refractivity contribution is 6.02. The molecule has 0 bridgehead atoms. The van der Waals surface area contributed by atoms with E-state index in [1.165, 1.54) is 6.20 Å². The summed E-state index contributed by atoms with van der Waals surface area (Å²) < 4.78 is 8.19. The van der Waals surface area contributed by atoms with Gasteiger partial charge in [-0.05, 0) is 23.3 Å². The second kappa shape index (κ2) is 7.53. The Morgan fingerprint density at radius 2 is 1.92 bits per heavy atom. The number of aromatic hydroxyl groups is 1. The third-order valence-corrected chi connectivity index (χ3v) is 4.03. The molecule has 6 heteroatoms. The zero-order chi connectivity index (χ0) is 18.5. The molecule has 0 amide bonds. The first-order valence-electron chi connectivity index (χ1n) is 8.13. The van der Waals surface area contributed by atoms with Crippen LogP contribution in [0.5, 0.6) is 5.95 Å². The number of rotatable bonds is 4. The number of nitriles is 1. The van der Waals surface area contributed by atoms with Gasteiger partial charge >= 0.3 is 5.95 Å². The molecule has 1 aromatic carbocycles. The van der Waals surface area contributed by atoms with E-state index in [1.54, 1.807) is 24.3 Å². The van der Waals surface area contributed by atoms with Crippen molar-refractivity contribution in [2.24, 2.45) is 0 Å². The van der Waals surface area contributed by atoms with Gasteiger partial charge in [-0.2, -0.15) is 5.26 Å². The highest BCUT2D eigenvalue weighted by Crippen LogP contribution is 2.26. The summed E-state index contributed by atoms with van der Waals surface area (Å²) in [4.78, 5) is 12.5. The molecule has 0 radical (unpaired) electrons. The van der Waals surface area contributed by atoms with Gasteiger partial charge < -0.3 is 9.63 Å². The fourth-order valence-electron chi connectivity index (χ4n) is 2.62. The van der Waals surface area contributed by atoms with E-state index >= 15 is 0 Å². The zero-order valence-electron chi connectivity index (χ0n) is 14.3. The van der Waals surface area contributed by atoms with Gasteiger partial charge in [-0.15, -0.1) is 4.74 Å². The van der Waals surface area contributed by atoms with Gasteiger partial charge in [0, 0.05) is 12.2 Å². The predicted octanol–water partition coefficient (Wildman–Crippen LogP) is 2.78. The van der Waals surface area contributed by atoms with Crippen LogP contribution in [-0.4, -0.2) is 33.7 Å². The van der Waals surface area contributed by atoms with Crippen LogP contribution in [0.3, 0.4) is 0 Å². The summed E-state index contributed by atoms with van der Waals surface area (Å²) in [6.45, 7) is 0.644. The van der Waals surface area contributed by atoms with E-state index in [4.69, 9.17) is 9.78 Å². The van der Waals surface area contributed by atoms with Crippen molar-refractivity contribution < 1.29 is 14.2 Å². The van der Waals surface area contributed by atoms with Crippen molar-refractivity contribution in [3.8, 4) is 23.1 Å². The summed E-state index contributed by atoms with van der Waals surface area (Å²) in [6, 6.07) is 11.0. The summed E-state index contributed by atoms with van der Waals surface area (Å²) >= 11 is 0. The second-order valence-electron chi connectivity index (χ2n) is 5.82. The number of hydrogen-bond donors (Lipinski definition) is 1. The Labute approximate surface area is 150 Å². The van der Waals surface area contributed by atoms with Crippen LogP contribution in [0, 0.1) is 11.3 Å². The molecule has 0 unspecified atom stereocenters. The van der Waals surface area contributed by atoms with Crippen LogP contribution < -0.4 is 5.56 Å². The van der Waals surface area contributed by atoms with Crippen molar-refractivity contribution >= 4 is 11.9 Å². The van der Waals surface area contributed by atoms with E-state index in [1.807, 2.05) is 42.0 Å². The highest BCUT2D eigenvalue weighted by Gasteiger charge is 2.17. The van der Waals surface area contributed by atoms with E-state index in [0.29, 0.717) is 18.5 Å². The number of nitrogens with zero attached hydrogens (tertiary/aromatic N) is 3. The molecule has 1 heterocycles. The summed E-state index contributed by atoms with van der Waals surface area (Å²) in [6.07, 6.45) is 9.45. The van der Waals surface area contributed by atoms with E-state index < -0.39 is 11.5 Å². The molecule has 2 aromatic rings. The molecular formula is C20H18N3O3+. The first-order valence-corrected chi connectivity index (χ1v) is 8.13. The average molecular weight is 348 g/mol. The molecule has 1 aromatic heterocycles. The van der Waals surface area contributed by atoms with Crippen molar-refractivity contribution in [1.82, 2.24) is 4.74 Å². The Kier molecular flexibility index (Phi) is 4.99. The smallest absolute Gasteiger partial charge is 0.318 e. The van der Waals surface area contributed by atoms with Crippen molar-refractivity contribution in [3.63, 3.8) is 0 Å². The van der Waals surface area contributed by atoms with Crippen molar-refractivity contribution in [1.29, 1.82) is 5.26 Å². The van der Waals surface area contributed by atoms with E-state index in [-0.39, 0.29) is 5.56 Å². The molecule has 0 atom stereocenters. The minimum absolute atomic E-state index is 0.134. The molecule has 0 spiro atoms. The summed E-state index contributed by atoms with van der Waals surface area (Å²) in [5.74, 6) is -0.412. The maximum absolute atomic E-state index is 12.5. The molecule has 0 saturated carbocycles. The van der Waals surface area contributed by atoms with Crippen LogP contribution in [0.2, 0.25) is 0 Å². The molecule has 1 N–H and O–H groups in total. The molecule has 0 saturated heterocycles. The number of hydrogen-bond acceptors (Lipinski definition) is 4. The number of aromatic nitrogens is 1. The van der Waals surface area contributed by atoms with Crippen LogP contribution in [0.15, 0.2) is 69.5 Å². The average Bonchev–Trinajstić information content (AvgIpc) is 2.94. The Morgan fingerprint density at radius 3 is 2.58 bits per heavy atom. The molecule has 1 aliphatic rings. The van der Waals surface area contributed by atoms with Gasteiger partial charge in [-0.1, -0.05) is 30.3 Å². The fraction of sp³-hybridized carbons (Fsp3) is 0.150. The molecule has 6 nitrogen and oxygen atoms in total. The van der Waals surface area contributed by atoms with Crippen LogP contribution in [0.4, 0.5) is 0 Å². The summed E-state index contributed by atoms with van der Waals surface area (Å²) in [7, 11) is 1.91. The normalized spacial score (nSPS) is 12.9. The van der Waals surface area contributed by atoms with Crippen LogP contribution in [-0.2, 0) is 0 Å². The van der Waals surface area contributed by atoms with Gasteiger partial charge in [0.15, 0.2) is 12.3 Å². The summed E-state index contributed by atoms with van der Waals surface area (Å²) in [5, 5.41) is 18.7. The molecule has 0 fully saturated rings. The fourth-order valence-corrected chi connectivity index (χ4v) is 2.62. The van der Waals surface area contributed by atoms with Crippen molar-refractivity contribution in [2.45, 2.75) is 6.42 Å². The second-order valence-corrected chi connectivity index (χ2v) is 5.82. The van der Waals surface area contributed by atoms with Crippen molar-refractivity contribution in [2.75, 3.05) is 13.6 Å². The Morgan fingerprint density at radius 1 is 1.23 bits per heavy atom. The van der Waals surface area contributed by atoms with Gasteiger partial charge in [-0.3, -0.25) is 4.79 Å². The van der Waals surface area contributed by atoms with E-state index in [9.17, 15) is 9.90 Å². The highest BCUT2D eigenvalue weighted by atomic mass is 16.6. The third kappa shape index (κ3) is 3.57. The maximum Gasteiger partial charge on any atom is 0.318 e. The van der Waals surface area contributed by atoms with Gasteiger partial charge in [-0.25, -0.2) is 4.58 Å². The lowest BCUT2D eigenvalue weighted by atomic mass is 10.1. The lowest BCUT2D eigenvalue weighted by Crippen LogP contribution is -2.16. The minimum atomic E-state index is -0.427. The molecule has 0 aliphatic heterocycles. The Balaban J connectivity index is 1.88. The van der Waals surface area contributed by atoms with Crippen LogP contribution in [0.25, 0.3) is 17.3 Å². The first kappa shape index (κ1) is 17.2. The third-order valence-electron chi connectivity index (χ3n) is 4.03. The van der Waals surface area contributed by atoms with Gasteiger partial charge in [0.25, 0.3) is 5.56 Å². The molecule has 130 valence electrons. The Bertz CT molecular complexity index is 1010. The maximum atomic E-state index is 12.5.